The van der Waals surface area contributed by atoms with Crippen molar-refractivity contribution in [3.05, 3.63) is 81.5 Å². The summed E-state index contributed by atoms with van der Waals surface area (Å²) in [5, 5.41) is 4.15. The van der Waals surface area contributed by atoms with Gasteiger partial charge in [-0.25, -0.2) is 18.4 Å². The zero-order valence-corrected chi connectivity index (χ0v) is 18.6. The number of benzene rings is 2. The number of aromatic nitrogens is 3. The Morgan fingerprint density at radius 2 is 1.78 bits per heavy atom. The molecule has 7 nitrogen and oxygen atoms in total. The maximum Gasteiger partial charge on any atom is 0.350 e. The fourth-order valence-electron chi connectivity index (χ4n) is 3.02. The van der Waals surface area contributed by atoms with Gasteiger partial charge in [-0.1, -0.05) is 30.3 Å². The summed E-state index contributed by atoms with van der Waals surface area (Å²) < 4.78 is 42.2. The van der Waals surface area contributed by atoms with Gasteiger partial charge in [-0.05, 0) is 39.3 Å². The summed E-state index contributed by atoms with van der Waals surface area (Å²) in [6, 6.07) is 10.9. The number of hydrogen-bond acceptors (Lipinski definition) is 5. The summed E-state index contributed by atoms with van der Waals surface area (Å²) in [7, 11) is 1.47. The highest BCUT2D eigenvalue weighted by molar-refractivity contribution is 5.90. The van der Waals surface area contributed by atoms with Gasteiger partial charge >= 0.3 is 11.7 Å². The van der Waals surface area contributed by atoms with Crippen LogP contribution in [0.15, 0.2) is 47.3 Å². The first kappa shape index (κ1) is 23.3. The van der Waals surface area contributed by atoms with E-state index in [9.17, 15) is 18.4 Å². The van der Waals surface area contributed by atoms with E-state index in [1.54, 1.807) is 27.7 Å². The number of carbonyl (C=O) groups is 1. The Morgan fingerprint density at radius 3 is 2.41 bits per heavy atom. The summed E-state index contributed by atoms with van der Waals surface area (Å²) in [4.78, 5) is 24.8. The van der Waals surface area contributed by atoms with Gasteiger partial charge in [-0.15, -0.1) is 5.10 Å². The SMILES string of the molecule is C[C@H](OCc1ccccc1)c1nn(-c2cc(F)c(C(=O)OC(C)(C)C)cc2F)c(=O)n1C. The first-order chi connectivity index (χ1) is 15.0. The van der Waals surface area contributed by atoms with Gasteiger partial charge in [0.15, 0.2) is 5.82 Å². The smallest absolute Gasteiger partial charge is 0.350 e. The van der Waals surface area contributed by atoms with E-state index in [1.807, 2.05) is 30.3 Å². The van der Waals surface area contributed by atoms with Crippen LogP contribution in [0.2, 0.25) is 0 Å². The fraction of sp³-hybridized carbons (Fsp3) is 0.348. The van der Waals surface area contributed by atoms with E-state index in [4.69, 9.17) is 9.47 Å². The Hall–Kier alpha value is -3.33. The average Bonchev–Trinajstić information content (AvgIpc) is 3.02. The van der Waals surface area contributed by atoms with E-state index >= 15 is 0 Å². The Kier molecular flexibility index (Phi) is 6.59. The third-order valence-electron chi connectivity index (χ3n) is 4.60. The van der Waals surface area contributed by atoms with Crippen molar-refractivity contribution in [2.24, 2.45) is 7.05 Å². The van der Waals surface area contributed by atoms with Crippen LogP contribution in [0, 0.1) is 11.6 Å². The molecule has 0 bridgehead atoms. The Labute approximate surface area is 184 Å². The zero-order chi connectivity index (χ0) is 23.6. The maximum absolute atomic E-state index is 14.8. The third kappa shape index (κ3) is 5.11. The van der Waals surface area contributed by atoms with E-state index < -0.39 is 46.2 Å². The van der Waals surface area contributed by atoms with Crippen LogP contribution in [-0.4, -0.2) is 25.9 Å². The molecule has 1 atom stereocenters. The summed E-state index contributed by atoms with van der Waals surface area (Å²) in [5.74, 6) is -2.78. The third-order valence-corrected chi connectivity index (χ3v) is 4.60. The van der Waals surface area contributed by atoms with Crippen molar-refractivity contribution in [2.75, 3.05) is 0 Å². The highest BCUT2D eigenvalue weighted by atomic mass is 19.1. The number of carbonyl (C=O) groups excluding carboxylic acids is 1. The molecule has 0 fully saturated rings. The molecule has 0 spiro atoms. The van der Waals surface area contributed by atoms with Crippen LogP contribution in [0.1, 0.15) is 55.5 Å². The number of nitrogens with zero attached hydrogens (tertiary/aromatic N) is 3. The van der Waals surface area contributed by atoms with Crippen molar-refractivity contribution < 1.29 is 23.0 Å². The lowest BCUT2D eigenvalue weighted by molar-refractivity contribution is 0.00641. The van der Waals surface area contributed by atoms with E-state index in [-0.39, 0.29) is 12.4 Å². The quantitative estimate of drug-likeness (QED) is 0.535. The van der Waals surface area contributed by atoms with Crippen LogP contribution in [-0.2, 0) is 23.1 Å². The molecule has 1 aromatic heterocycles. The second-order valence-electron chi connectivity index (χ2n) is 8.34. The molecule has 0 aliphatic carbocycles. The minimum absolute atomic E-state index is 0.238. The molecular weight excluding hydrogens is 420 g/mol. The van der Waals surface area contributed by atoms with Crippen LogP contribution in [0.25, 0.3) is 5.69 Å². The van der Waals surface area contributed by atoms with Gasteiger partial charge in [0.05, 0.1) is 12.2 Å². The van der Waals surface area contributed by atoms with Crippen LogP contribution in [0.5, 0.6) is 0 Å². The van der Waals surface area contributed by atoms with Crippen molar-refractivity contribution in [1.82, 2.24) is 14.3 Å². The first-order valence-corrected chi connectivity index (χ1v) is 10.0. The molecule has 0 radical (unpaired) electrons. The summed E-state index contributed by atoms with van der Waals surface area (Å²) in [6.07, 6.45) is -0.594. The number of ether oxygens (including phenoxy) is 2. The van der Waals surface area contributed by atoms with Gasteiger partial charge in [-0.3, -0.25) is 4.57 Å². The average molecular weight is 445 g/mol. The first-order valence-electron chi connectivity index (χ1n) is 10.0. The lowest BCUT2D eigenvalue weighted by atomic mass is 10.1. The molecule has 32 heavy (non-hydrogen) atoms. The number of rotatable bonds is 6. The molecular formula is C23H25F2N3O4. The van der Waals surface area contributed by atoms with E-state index in [2.05, 4.69) is 5.10 Å². The minimum atomic E-state index is -1.02. The van der Waals surface area contributed by atoms with Crippen molar-refractivity contribution in [3.8, 4) is 5.69 Å². The van der Waals surface area contributed by atoms with E-state index in [1.165, 1.54) is 11.6 Å². The lowest BCUT2D eigenvalue weighted by Crippen LogP contribution is -2.25. The Morgan fingerprint density at radius 1 is 1.12 bits per heavy atom. The number of esters is 1. The molecule has 1 heterocycles. The lowest BCUT2D eigenvalue weighted by Gasteiger charge is -2.19. The molecule has 0 N–H and O–H groups in total. The fourth-order valence-corrected chi connectivity index (χ4v) is 3.02. The highest BCUT2D eigenvalue weighted by Gasteiger charge is 2.25. The maximum atomic E-state index is 14.8. The number of hydrogen-bond donors (Lipinski definition) is 0. The van der Waals surface area contributed by atoms with Crippen molar-refractivity contribution in [1.29, 1.82) is 0 Å². The molecule has 0 saturated heterocycles. The predicted molar refractivity (Wildman–Crippen MR) is 114 cm³/mol. The second kappa shape index (κ2) is 9.04. The summed E-state index contributed by atoms with van der Waals surface area (Å²) >= 11 is 0. The number of halogens is 2. The molecule has 0 saturated carbocycles. The normalized spacial score (nSPS) is 12.6. The highest BCUT2D eigenvalue weighted by Crippen LogP contribution is 2.22. The molecule has 9 heteroatoms. The van der Waals surface area contributed by atoms with Crippen LogP contribution in [0.3, 0.4) is 0 Å². The molecule has 2 aromatic carbocycles. The Balaban J connectivity index is 1.89. The van der Waals surface area contributed by atoms with Gasteiger partial charge in [-0.2, -0.15) is 4.68 Å². The van der Waals surface area contributed by atoms with E-state index in [0.717, 1.165) is 16.3 Å². The van der Waals surface area contributed by atoms with Gasteiger partial charge < -0.3 is 9.47 Å². The zero-order valence-electron chi connectivity index (χ0n) is 18.6. The van der Waals surface area contributed by atoms with Gasteiger partial charge in [0.2, 0.25) is 0 Å². The molecule has 0 aliphatic heterocycles. The van der Waals surface area contributed by atoms with Crippen molar-refractivity contribution >= 4 is 5.97 Å². The Bertz CT molecular complexity index is 1180. The molecule has 170 valence electrons. The van der Waals surface area contributed by atoms with Crippen LogP contribution >= 0.6 is 0 Å². The van der Waals surface area contributed by atoms with Crippen molar-refractivity contribution in [3.63, 3.8) is 0 Å². The van der Waals surface area contributed by atoms with Crippen LogP contribution < -0.4 is 5.69 Å². The van der Waals surface area contributed by atoms with Crippen molar-refractivity contribution in [2.45, 2.75) is 46.0 Å². The van der Waals surface area contributed by atoms with Gasteiger partial charge in [0.1, 0.15) is 29.0 Å². The largest absolute Gasteiger partial charge is 0.456 e. The molecule has 3 aromatic rings. The molecule has 3 rings (SSSR count). The predicted octanol–water partition coefficient (Wildman–Crippen LogP) is 4.08. The molecule has 0 unspecified atom stereocenters. The topological polar surface area (TPSA) is 75.4 Å². The standard InChI is InChI=1S/C23H25F2N3O4/c1-14(31-13-15-9-7-6-8-10-15)20-26-28(22(30)27(20)5)19-12-17(24)16(11-18(19)25)21(29)32-23(2,3)4/h6-12,14H,13H2,1-5H3/t14-/m0/s1. The summed E-state index contributed by atoms with van der Waals surface area (Å²) in [6.45, 7) is 6.84. The molecule has 0 aliphatic rings. The monoisotopic (exact) mass is 445 g/mol. The second-order valence-corrected chi connectivity index (χ2v) is 8.34. The molecule has 0 amide bonds. The minimum Gasteiger partial charge on any atom is -0.456 e. The van der Waals surface area contributed by atoms with Crippen LogP contribution in [0.4, 0.5) is 8.78 Å². The van der Waals surface area contributed by atoms with Gasteiger partial charge in [0.25, 0.3) is 0 Å². The summed E-state index contributed by atoms with van der Waals surface area (Å²) in [5.41, 5.74) is -1.60. The van der Waals surface area contributed by atoms with E-state index in [0.29, 0.717) is 6.07 Å². The van der Waals surface area contributed by atoms with Gasteiger partial charge in [0, 0.05) is 13.1 Å².